The number of carboxylic acids is 1. The normalized spacial score (nSPS) is 10.4. The van der Waals surface area contributed by atoms with Gasteiger partial charge in [-0.2, -0.15) is 0 Å². The average Bonchev–Trinajstić information content (AvgIpc) is 2.95. The van der Waals surface area contributed by atoms with Gasteiger partial charge < -0.3 is 15.2 Å². The molecule has 0 bridgehead atoms. The molecule has 0 atom stereocenters. The molecule has 0 saturated carbocycles. The van der Waals surface area contributed by atoms with E-state index >= 15 is 0 Å². The number of aromatic carboxylic acids is 1. The van der Waals surface area contributed by atoms with Crippen molar-refractivity contribution in [1.82, 2.24) is 14.8 Å². The fraction of sp³-hybridized carbons (Fsp3) is 0.118. The molecule has 7 heteroatoms. The van der Waals surface area contributed by atoms with Gasteiger partial charge in [0.05, 0.1) is 24.6 Å². The van der Waals surface area contributed by atoms with Crippen molar-refractivity contribution in [3.63, 3.8) is 0 Å². The zero-order valence-electron chi connectivity index (χ0n) is 13.2. The molecule has 0 aliphatic carbocycles. The fourth-order valence-corrected chi connectivity index (χ4v) is 2.33. The van der Waals surface area contributed by atoms with Crippen molar-refractivity contribution in [2.45, 2.75) is 6.92 Å². The van der Waals surface area contributed by atoms with E-state index in [4.69, 9.17) is 4.74 Å². The highest BCUT2D eigenvalue weighted by atomic mass is 16.5. The zero-order chi connectivity index (χ0) is 17.1. The van der Waals surface area contributed by atoms with E-state index in [-0.39, 0.29) is 5.56 Å². The molecular formula is C17H16N4O3. The third-order valence-electron chi connectivity index (χ3n) is 3.53. The van der Waals surface area contributed by atoms with Crippen LogP contribution in [0.5, 0.6) is 5.75 Å². The summed E-state index contributed by atoms with van der Waals surface area (Å²) in [6, 6.07) is 8.96. The number of hydrogen-bond donors (Lipinski definition) is 2. The molecule has 3 aromatic rings. The lowest BCUT2D eigenvalue weighted by Gasteiger charge is -2.08. The quantitative estimate of drug-likeness (QED) is 0.750. The molecule has 0 aliphatic heterocycles. The highest BCUT2D eigenvalue weighted by Gasteiger charge is 2.14. The van der Waals surface area contributed by atoms with Gasteiger partial charge in [-0.1, -0.05) is 12.1 Å². The summed E-state index contributed by atoms with van der Waals surface area (Å²) in [5, 5.41) is 16.8. The molecular weight excluding hydrogens is 308 g/mol. The second-order valence-electron chi connectivity index (χ2n) is 5.13. The van der Waals surface area contributed by atoms with Gasteiger partial charge in [0.25, 0.3) is 0 Å². The van der Waals surface area contributed by atoms with Crippen molar-refractivity contribution >= 4 is 17.5 Å². The van der Waals surface area contributed by atoms with Crippen LogP contribution in [0.15, 0.2) is 48.9 Å². The number of hydrogen-bond acceptors (Lipinski definition) is 5. The van der Waals surface area contributed by atoms with E-state index in [2.05, 4.69) is 15.4 Å². The van der Waals surface area contributed by atoms with Crippen molar-refractivity contribution in [3.8, 4) is 11.4 Å². The van der Waals surface area contributed by atoms with Crippen LogP contribution < -0.4 is 10.1 Å². The Bertz CT molecular complexity index is 889. The number of pyridine rings is 1. The lowest BCUT2D eigenvalue weighted by atomic mass is 10.2. The van der Waals surface area contributed by atoms with Crippen LogP contribution in [0.3, 0.4) is 0 Å². The van der Waals surface area contributed by atoms with Gasteiger partial charge in [-0.3, -0.25) is 4.98 Å². The van der Waals surface area contributed by atoms with Gasteiger partial charge in [0.1, 0.15) is 11.4 Å². The first-order valence-electron chi connectivity index (χ1n) is 7.24. The molecule has 3 rings (SSSR count). The number of rotatable bonds is 5. The molecule has 0 spiro atoms. The maximum absolute atomic E-state index is 11.3. The monoisotopic (exact) mass is 324 g/mol. The van der Waals surface area contributed by atoms with Crippen LogP contribution >= 0.6 is 0 Å². The Labute approximate surface area is 138 Å². The van der Waals surface area contributed by atoms with Crippen LogP contribution in [-0.2, 0) is 0 Å². The highest BCUT2D eigenvalue weighted by Crippen LogP contribution is 2.26. The number of aromatic nitrogens is 3. The first kappa shape index (κ1) is 15.5. The van der Waals surface area contributed by atoms with Crippen LogP contribution in [-0.4, -0.2) is 33.0 Å². The third kappa shape index (κ3) is 2.91. The molecule has 0 radical (unpaired) electrons. The lowest BCUT2D eigenvalue weighted by molar-refractivity contribution is 0.0698. The summed E-state index contributed by atoms with van der Waals surface area (Å²) in [5.74, 6) is 0.220. The molecule has 0 unspecified atom stereocenters. The number of ether oxygens (including phenoxy) is 1. The minimum atomic E-state index is -1.03. The maximum Gasteiger partial charge on any atom is 0.337 e. The van der Waals surface area contributed by atoms with Crippen LogP contribution in [0.2, 0.25) is 0 Å². The minimum Gasteiger partial charge on any atom is -0.494 e. The van der Waals surface area contributed by atoms with Gasteiger partial charge in [-0.25, -0.2) is 9.48 Å². The Kier molecular flexibility index (Phi) is 4.15. The molecule has 0 saturated heterocycles. The SMILES string of the molecule is COc1ccccc1-n1cc(C)c(Nc2cnccc2C(=O)O)n1. The summed E-state index contributed by atoms with van der Waals surface area (Å²) in [6.45, 7) is 1.89. The summed E-state index contributed by atoms with van der Waals surface area (Å²) in [6.07, 6.45) is 4.75. The largest absolute Gasteiger partial charge is 0.494 e. The van der Waals surface area contributed by atoms with E-state index in [0.717, 1.165) is 11.3 Å². The molecule has 1 aromatic carbocycles. The van der Waals surface area contributed by atoms with E-state index < -0.39 is 5.97 Å². The first-order valence-corrected chi connectivity index (χ1v) is 7.24. The highest BCUT2D eigenvalue weighted by molar-refractivity contribution is 5.94. The van der Waals surface area contributed by atoms with Crippen molar-refractivity contribution in [1.29, 1.82) is 0 Å². The van der Waals surface area contributed by atoms with Crippen molar-refractivity contribution < 1.29 is 14.6 Å². The number of methoxy groups -OCH3 is 1. The average molecular weight is 324 g/mol. The lowest BCUT2D eigenvalue weighted by Crippen LogP contribution is -2.04. The van der Waals surface area contributed by atoms with Gasteiger partial charge in [0, 0.05) is 18.0 Å². The minimum absolute atomic E-state index is 0.135. The van der Waals surface area contributed by atoms with Crippen LogP contribution in [0.1, 0.15) is 15.9 Å². The van der Waals surface area contributed by atoms with Crippen molar-refractivity contribution in [3.05, 3.63) is 60.0 Å². The molecule has 24 heavy (non-hydrogen) atoms. The summed E-state index contributed by atoms with van der Waals surface area (Å²) < 4.78 is 7.04. The van der Waals surface area contributed by atoms with E-state index in [0.29, 0.717) is 17.3 Å². The van der Waals surface area contributed by atoms with Crippen molar-refractivity contribution in [2.24, 2.45) is 0 Å². The maximum atomic E-state index is 11.3. The number of nitrogens with zero attached hydrogens (tertiary/aromatic N) is 3. The van der Waals surface area contributed by atoms with Crippen LogP contribution in [0.4, 0.5) is 11.5 Å². The molecule has 0 amide bonds. The Morgan fingerprint density at radius 2 is 2.08 bits per heavy atom. The fourth-order valence-electron chi connectivity index (χ4n) is 2.33. The summed E-state index contributed by atoms with van der Waals surface area (Å²) in [4.78, 5) is 15.3. The molecule has 0 fully saturated rings. The number of carbonyl (C=O) groups is 1. The summed E-state index contributed by atoms with van der Waals surface area (Å²) >= 11 is 0. The Hall–Kier alpha value is -3.35. The van der Waals surface area contributed by atoms with E-state index in [1.165, 1.54) is 18.5 Å². The third-order valence-corrected chi connectivity index (χ3v) is 3.53. The smallest absolute Gasteiger partial charge is 0.337 e. The molecule has 122 valence electrons. The molecule has 2 N–H and O–H groups in total. The summed E-state index contributed by atoms with van der Waals surface area (Å²) in [5.41, 5.74) is 2.18. The zero-order valence-corrected chi connectivity index (χ0v) is 13.2. The number of benzene rings is 1. The van der Waals surface area contributed by atoms with E-state index in [1.54, 1.807) is 11.8 Å². The molecule has 2 heterocycles. The summed E-state index contributed by atoms with van der Waals surface area (Å²) in [7, 11) is 1.60. The Balaban J connectivity index is 1.97. The van der Waals surface area contributed by atoms with Crippen LogP contribution in [0.25, 0.3) is 5.69 Å². The van der Waals surface area contributed by atoms with Gasteiger partial charge in [0.2, 0.25) is 0 Å². The topological polar surface area (TPSA) is 89.3 Å². The number of anilines is 2. The Morgan fingerprint density at radius 1 is 1.29 bits per heavy atom. The predicted octanol–water partition coefficient (Wildman–Crippen LogP) is 3.03. The number of carboxylic acid groups (broad SMARTS) is 1. The molecule has 7 nitrogen and oxygen atoms in total. The molecule has 0 aliphatic rings. The predicted molar refractivity (Wildman–Crippen MR) is 89.3 cm³/mol. The standard InChI is InChI=1S/C17H16N4O3/c1-11-10-21(14-5-3-4-6-15(14)24-2)20-16(11)19-13-9-18-8-7-12(13)17(22)23/h3-10H,1-2H3,(H,19,20)(H,22,23). The Morgan fingerprint density at radius 3 is 2.83 bits per heavy atom. The van der Waals surface area contributed by atoms with Gasteiger partial charge in [-0.05, 0) is 25.1 Å². The van der Waals surface area contributed by atoms with Crippen LogP contribution in [0, 0.1) is 6.92 Å². The van der Waals surface area contributed by atoms with E-state index in [1.807, 2.05) is 37.4 Å². The van der Waals surface area contributed by atoms with Gasteiger partial charge in [0.15, 0.2) is 5.82 Å². The first-order chi connectivity index (χ1) is 11.6. The second-order valence-corrected chi connectivity index (χ2v) is 5.13. The second kappa shape index (κ2) is 6.41. The number of para-hydroxylation sites is 2. The van der Waals surface area contributed by atoms with Crippen molar-refractivity contribution in [2.75, 3.05) is 12.4 Å². The van der Waals surface area contributed by atoms with Gasteiger partial charge >= 0.3 is 5.97 Å². The van der Waals surface area contributed by atoms with Gasteiger partial charge in [-0.15, -0.1) is 5.10 Å². The number of nitrogens with one attached hydrogen (secondary N) is 1. The van der Waals surface area contributed by atoms with E-state index in [9.17, 15) is 9.90 Å². The molecule has 2 aromatic heterocycles. The number of aryl methyl sites for hydroxylation is 1.